The van der Waals surface area contributed by atoms with Crippen LogP contribution in [0, 0.1) is 11.3 Å². The van der Waals surface area contributed by atoms with Crippen molar-refractivity contribution in [3.63, 3.8) is 0 Å². The van der Waals surface area contributed by atoms with E-state index in [4.69, 9.17) is 4.18 Å². The van der Waals surface area contributed by atoms with Gasteiger partial charge in [0.05, 0.1) is 9.53 Å². The van der Waals surface area contributed by atoms with Crippen LogP contribution in [0.25, 0.3) is 0 Å². The highest BCUT2D eigenvalue weighted by molar-refractivity contribution is 14.1. The molecule has 3 fully saturated rings. The molecular formula is C9H13IO3S. The summed E-state index contributed by atoms with van der Waals surface area (Å²) < 4.78 is 28.6. The first-order valence-corrected chi connectivity index (χ1v) is 7.46. The van der Waals surface area contributed by atoms with E-state index in [1.807, 2.05) is 0 Å². The molecule has 3 rings (SSSR count). The zero-order chi connectivity index (χ0) is 10.4. The Morgan fingerprint density at radius 1 is 1.50 bits per heavy atom. The Balaban J connectivity index is 2.21. The average molecular weight is 328 g/mol. The normalized spacial score (nSPS) is 63.5. The van der Waals surface area contributed by atoms with E-state index in [1.54, 1.807) is 0 Å². The number of alkyl halides is 1. The lowest BCUT2D eigenvalue weighted by atomic mass is 9.76. The largest absolute Gasteiger partial charge is 0.271 e. The van der Waals surface area contributed by atoms with Crippen LogP contribution < -0.4 is 0 Å². The van der Waals surface area contributed by atoms with Gasteiger partial charge in [-0.2, -0.15) is 8.42 Å². The molecule has 1 aliphatic heterocycles. The number of rotatable bonds is 0. The van der Waals surface area contributed by atoms with Crippen molar-refractivity contribution in [2.45, 2.75) is 41.5 Å². The molecular weight excluding hydrogens is 315 g/mol. The van der Waals surface area contributed by atoms with E-state index in [9.17, 15) is 8.42 Å². The van der Waals surface area contributed by atoms with Gasteiger partial charge in [-0.3, -0.25) is 4.18 Å². The zero-order valence-corrected chi connectivity index (χ0v) is 11.1. The molecule has 14 heavy (non-hydrogen) atoms. The van der Waals surface area contributed by atoms with Crippen LogP contribution in [0.4, 0.5) is 0 Å². The predicted molar refractivity (Wildman–Crippen MR) is 60.8 cm³/mol. The van der Waals surface area contributed by atoms with Gasteiger partial charge in [-0.05, 0) is 24.2 Å². The Labute approximate surface area is 97.9 Å². The van der Waals surface area contributed by atoms with E-state index < -0.39 is 10.1 Å². The minimum atomic E-state index is -3.27. The van der Waals surface area contributed by atoms with Crippen LogP contribution in [0.3, 0.4) is 0 Å². The molecule has 2 saturated carbocycles. The minimum absolute atomic E-state index is 0.0724. The summed E-state index contributed by atoms with van der Waals surface area (Å²) in [5.74, 6) is 0.368. The summed E-state index contributed by atoms with van der Waals surface area (Å²) in [6, 6.07) is 0. The molecule has 5 heteroatoms. The Hall–Kier alpha value is 0.640. The van der Waals surface area contributed by atoms with Crippen LogP contribution >= 0.6 is 22.6 Å². The van der Waals surface area contributed by atoms with Crippen molar-refractivity contribution in [1.29, 1.82) is 0 Å². The molecule has 0 aromatic rings. The highest BCUT2D eigenvalue weighted by Crippen LogP contribution is 2.69. The van der Waals surface area contributed by atoms with Gasteiger partial charge < -0.3 is 0 Å². The molecule has 3 nitrogen and oxygen atoms in total. The van der Waals surface area contributed by atoms with Gasteiger partial charge in [0.1, 0.15) is 5.25 Å². The third-order valence-corrected chi connectivity index (χ3v) is 8.40. The smallest absolute Gasteiger partial charge is 0.265 e. The Morgan fingerprint density at radius 2 is 2.14 bits per heavy atom. The zero-order valence-electron chi connectivity index (χ0n) is 8.16. The lowest BCUT2D eigenvalue weighted by Crippen LogP contribution is -2.41. The van der Waals surface area contributed by atoms with Gasteiger partial charge in [0.25, 0.3) is 10.1 Å². The second-order valence-corrected chi connectivity index (χ2v) is 9.00. The van der Waals surface area contributed by atoms with Crippen molar-refractivity contribution in [3.8, 4) is 0 Å². The van der Waals surface area contributed by atoms with Gasteiger partial charge in [-0.15, -0.1) is 0 Å². The minimum Gasteiger partial charge on any atom is -0.265 e. The Bertz CT molecular complexity index is 406. The fourth-order valence-electron chi connectivity index (χ4n) is 3.53. The first-order valence-electron chi connectivity index (χ1n) is 4.91. The monoisotopic (exact) mass is 328 g/mol. The van der Waals surface area contributed by atoms with Crippen molar-refractivity contribution < 1.29 is 12.6 Å². The van der Waals surface area contributed by atoms with Gasteiger partial charge in [-0.25, -0.2) is 0 Å². The molecule has 0 aromatic carbocycles. The molecule has 1 saturated heterocycles. The number of hydrogen-bond acceptors (Lipinski definition) is 3. The number of fused-ring (bicyclic) bond motifs is 1. The second-order valence-electron chi connectivity index (χ2n) is 5.25. The fraction of sp³-hybridized carbons (Fsp3) is 1.00. The molecule has 3 aliphatic rings. The van der Waals surface area contributed by atoms with Gasteiger partial charge in [-0.1, -0.05) is 36.4 Å². The molecule has 1 heterocycles. The van der Waals surface area contributed by atoms with Crippen LogP contribution in [0.15, 0.2) is 0 Å². The first-order chi connectivity index (χ1) is 6.30. The fourth-order valence-corrected chi connectivity index (χ4v) is 8.44. The standard InChI is InChI=1S/C9H13IO3S/c1-5-7-9(10)4-8(5,2)3-6(9)14(11,12)13-7/h5-7H,3-4H2,1-2H3. The first kappa shape index (κ1) is 9.84. The molecule has 80 valence electrons. The summed E-state index contributed by atoms with van der Waals surface area (Å²) in [6.07, 6.45) is 1.71. The van der Waals surface area contributed by atoms with Crippen LogP contribution in [0.2, 0.25) is 0 Å². The maximum atomic E-state index is 11.7. The van der Waals surface area contributed by atoms with E-state index in [1.165, 1.54) is 0 Å². The third-order valence-electron chi connectivity index (χ3n) is 4.47. The van der Waals surface area contributed by atoms with Crippen molar-refractivity contribution >= 4 is 32.7 Å². The highest BCUT2D eigenvalue weighted by atomic mass is 127. The van der Waals surface area contributed by atoms with Crippen molar-refractivity contribution in [2.75, 3.05) is 0 Å². The van der Waals surface area contributed by atoms with Gasteiger partial charge >= 0.3 is 0 Å². The van der Waals surface area contributed by atoms with E-state index in [-0.39, 0.29) is 20.2 Å². The summed E-state index contributed by atoms with van der Waals surface area (Å²) in [5, 5.41) is -0.248. The summed E-state index contributed by atoms with van der Waals surface area (Å²) in [6.45, 7) is 4.33. The van der Waals surface area contributed by atoms with E-state index in [0.717, 1.165) is 12.8 Å². The third kappa shape index (κ3) is 0.859. The SMILES string of the molecule is CC1C2OS(=O)(=O)C3CC1(C)CC23I. The number of hydrogen-bond donors (Lipinski definition) is 0. The molecule has 2 aliphatic carbocycles. The van der Waals surface area contributed by atoms with Gasteiger partial charge in [0.15, 0.2) is 0 Å². The van der Waals surface area contributed by atoms with E-state index in [2.05, 4.69) is 36.4 Å². The molecule has 5 atom stereocenters. The summed E-state index contributed by atoms with van der Waals surface area (Å²) >= 11 is 2.33. The molecule has 0 spiro atoms. The lowest BCUT2D eigenvalue weighted by molar-refractivity contribution is 0.117. The van der Waals surface area contributed by atoms with Gasteiger partial charge in [0.2, 0.25) is 0 Å². The maximum absolute atomic E-state index is 11.7. The van der Waals surface area contributed by atoms with Crippen LogP contribution in [-0.2, 0) is 14.3 Å². The molecule has 0 N–H and O–H groups in total. The molecule has 0 radical (unpaired) electrons. The van der Waals surface area contributed by atoms with Crippen molar-refractivity contribution in [1.82, 2.24) is 0 Å². The quantitative estimate of drug-likeness (QED) is 0.386. The van der Waals surface area contributed by atoms with E-state index >= 15 is 0 Å². The van der Waals surface area contributed by atoms with Crippen LogP contribution in [0.5, 0.6) is 0 Å². The van der Waals surface area contributed by atoms with Crippen LogP contribution in [0.1, 0.15) is 26.7 Å². The van der Waals surface area contributed by atoms with Crippen LogP contribution in [-0.4, -0.2) is 23.2 Å². The second kappa shape index (κ2) is 2.32. The topological polar surface area (TPSA) is 43.4 Å². The molecule has 0 amide bonds. The Kier molecular flexibility index (Phi) is 1.63. The predicted octanol–water partition coefficient (Wildman–Crippen LogP) is 1.71. The lowest BCUT2D eigenvalue weighted by Gasteiger charge is -2.31. The van der Waals surface area contributed by atoms with Gasteiger partial charge in [0, 0.05) is 0 Å². The Morgan fingerprint density at radius 3 is 2.64 bits per heavy atom. The summed E-state index contributed by atoms with van der Waals surface area (Å²) in [4.78, 5) is 0. The maximum Gasteiger partial charge on any atom is 0.271 e. The summed E-state index contributed by atoms with van der Waals surface area (Å²) in [7, 11) is -3.27. The summed E-state index contributed by atoms with van der Waals surface area (Å²) in [5.41, 5.74) is 0.181. The highest BCUT2D eigenvalue weighted by Gasteiger charge is 2.74. The number of halogens is 1. The van der Waals surface area contributed by atoms with E-state index in [0.29, 0.717) is 5.92 Å². The molecule has 2 bridgehead atoms. The molecule has 0 aromatic heterocycles. The average Bonchev–Trinajstić information content (AvgIpc) is 2.46. The molecule has 5 unspecified atom stereocenters. The van der Waals surface area contributed by atoms with Crippen molar-refractivity contribution in [3.05, 3.63) is 0 Å². The van der Waals surface area contributed by atoms with Crippen molar-refractivity contribution in [2.24, 2.45) is 11.3 Å².